The second kappa shape index (κ2) is 7.45. The van der Waals surface area contributed by atoms with Gasteiger partial charge in [0.15, 0.2) is 0 Å². The molecule has 124 valence electrons. The summed E-state index contributed by atoms with van der Waals surface area (Å²) in [4.78, 5) is 22.9. The first-order chi connectivity index (χ1) is 11.4. The number of halogens is 3. The van der Waals surface area contributed by atoms with Crippen molar-refractivity contribution >= 4 is 29.3 Å². The van der Waals surface area contributed by atoms with Crippen LogP contribution in [0.5, 0.6) is 0 Å². The Hall–Kier alpha value is -3.09. The van der Waals surface area contributed by atoms with E-state index >= 15 is 0 Å². The summed E-state index contributed by atoms with van der Waals surface area (Å²) in [5, 5.41) is 4.16. The highest BCUT2D eigenvalue weighted by Crippen LogP contribution is 2.24. The highest BCUT2D eigenvalue weighted by Gasteiger charge is 2.38. The zero-order chi connectivity index (χ0) is 17.6. The van der Waals surface area contributed by atoms with E-state index in [1.807, 2.05) is 6.07 Å². The summed E-state index contributed by atoms with van der Waals surface area (Å²) in [5.41, 5.74) is 0.727. The summed E-state index contributed by atoms with van der Waals surface area (Å²) in [6, 6.07) is 14.7. The highest BCUT2D eigenvalue weighted by molar-refractivity contribution is 6.06. The van der Waals surface area contributed by atoms with Gasteiger partial charge in [-0.1, -0.05) is 42.5 Å². The van der Waals surface area contributed by atoms with Gasteiger partial charge in [-0.25, -0.2) is 0 Å². The number of para-hydroxylation sites is 2. The van der Waals surface area contributed by atoms with E-state index < -0.39 is 18.0 Å². The van der Waals surface area contributed by atoms with Crippen molar-refractivity contribution in [3.05, 3.63) is 66.2 Å². The Labute approximate surface area is 136 Å². The van der Waals surface area contributed by atoms with Crippen molar-refractivity contribution in [2.75, 3.05) is 10.6 Å². The van der Waals surface area contributed by atoms with Gasteiger partial charge in [-0.2, -0.15) is 13.2 Å². The van der Waals surface area contributed by atoms with Gasteiger partial charge in [-0.15, -0.1) is 0 Å². The maximum absolute atomic E-state index is 12.3. The average molecular weight is 334 g/mol. The molecule has 2 rings (SSSR count). The van der Waals surface area contributed by atoms with E-state index in [2.05, 4.69) is 5.32 Å². The van der Waals surface area contributed by atoms with Gasteiger partial charge in [0.2, 0.25) is 5.91 Å². The predicted octanol–water partition coefficient (Wildman–Crippen LogP) is 3.84. The average Bonchev–Trinajstić information content (AvgIpc) is 2.55. The van der Waals surface area contributed by atoms with Gasteiger partial charge in [0.25, 0.3) is 0 Å². The zero-order valence-electron chi connectivity index (χ0n) is 12.3. The molecule has 24 heavy (non-hydrogen) atoms. The number of rotatable bonds is 4. The molecule has 2 aromatic rings. The number of alkyl halides is 3. The Balaban J connectivity index is 2.08. The van der Waals surface area contributed by atoms with Crippen LogP contribution < -0.4 is 10.6 Å². The van der Waals surface area contributed by atoms with Gasteiger partial charge in [-0.05, 0) is 23.8 Å². The highest BCUT2D eigenvalue weighted by atomic mass is 19.4. The van der Waals surface area contributed by atoms with Crippen LogP contribution in [0.15, 0.2) is 60.7 Å². The van der Waals surface area contributed by atoms with E-state index in [1.165, 1.54) is 30.3 Å². The molecule has 0 spiro atoms. The fraction of sp³-hybridized carbons (Fsp3) is 0.0588. The lowest BCUT2D eigenvalue weighted by Crippen LogP contribution is -2.30. The molecule has 0 heterocycles. The Bertz CT molecular complexity index is 756. The Morgan fingerprint density at radius 1 is 0.833 bits per heavy atom. The van der Waals surface area contributed by atoms with Gasteiger partial charge in [0.05, 0.1) is 11.4 Å². The van der Waals surface area contributed by atoms with Crippen LogP contribution in [0.4, 0.5) is 24.5 Å². The summed E-state index contributed by atoms with van der Waals surface area (Å²) in [6.45, 7) is 0. The van der Waals surface area contributed by atoms with Gasteiger partial charge >= 0.3 is 12.1 Å². The third-order valence-corrected chi connectivity index (χ3v) is 2.92. The lowest BCUT2D eigenvalue weighted by molar-refractivity contribution is -0.167. The smallest absolute Gasteiger partial charge is 0.321 e. The maximum Gasteiger partial charge on any atom is 0.471 e. The Morgan fingerprint density at radius 3 is 1.96 bits per heavy atom. The van der Waals surface area contributed by atoms with Crippen molar-refractivity contribution in [3.8, 4) is 0 Å². The van der Waals surface area contributed by atoms with Gasteiger partial charge in [0, 0.05) is 6.08 Å². The van der Waals surface area contributed by atoms with Crippen LogP contribution >= 0.6 is 0 Å². The number of carbonyl (C=O) groups is 2. The summed E-state index contributed by atoms with van der Waals surface area (Å²) >= 11 is 0. The molecule has 0 aromatic heterocycles. The molecule has 0 saturated heterocycles. The molecule has 2 amide bonds. The first kappa shape index (κ1) is 17.3. The lowest BCUT2D eigenvalue weighted by Gasteiger charge is -2.12. The number of carbonyl (C=O) groups excluding carboxylic acids is 2. The SMILES string of the molecule is O=C(/C=C/c1ccccc1)Nc1ccccc1NC(=O)C(F)(F)F. The van der Waals surface area contributed by atoms with Crippen molar-refractivity contribution in [2.45, 2.75) is 6.18 Å². The first-order valence-corrected chi connectivity index (χ1v) is 6.87. The van der Waals surface area contributed by atoms with Gasteiger partial charge < -0.3 is 10.6 Å². The van der Waals surface area contributed by atoms with Crippen LogP contribution in [-0.4, -0.2) is 18.0 Å². The molecule has 7 heteroatoms. The van der Waals surface area contributed by atoms with Crippen molar-refractivity contribution in [2.24, 2.45) is 0 Å². The number of anilines is 2. The quantitative estimate of drug-likeness (QED) is 0.835. The molecule has 0 saturated carbocycles. The Kier molecular flexibility index (Phi) is 5.36. The number of hydrogen-bond acceptors (Lipinski definition) is 2. The van der Waals surface area contributed by atoms with E-state index in [0.717, 1.165) is 5.56 Å². The van der Waals surface area contributed by atoms with Crippen LogP contribution in [0.25, 0.3) is 6.08 Å². The predicted molar refractivity (Wildman–Crippen MR) is 85.2 cm³/mol. The minimum atomic E-state index is -5.01. The standard InChI is InChI=1S/C17H13F3N2O2/c18-17(19,20)16(24)22-14-9-5-4-8-13(14)21-15(23)11-10-12-6-2-1-3-7-12/h1-11H,(H,21,23)(H,22,24)/b11-10+. The Morgan fingerprint density at radius 2 is 1.38 bits per heavy atom. The monoisotopic (exact) mass is 334 g/mol. The van der Waals surface area contributed by atoms with Crippen LogP contribution in [0, 0.1) is 0 Å². The van der Waals surface area contributed by atoms with Crippen LogP contribution in [0.3, 0.4) is 0 Å². The third kappa shape index (κ3) is 4.98. The molecule has 2 N–H and O–H groups in total. The summed E-state index contributed by atoms with van der Waals surface area (Å²) in [7, 11) is 0. The second-order valence-corrected chi connectivity index (χ2v) is 4.73. The number of hydrogen-bond donors (Lipinski definition) is 2. The number of nitrogens with one attached hydrogen (secondary N) is 2. The summed E-state index contributed by atoms with van der Waals surface area (Å²) in [6.07, 6.45) is -2.20. The number of amides is 2. The van der Waals surface area contributed by atoms with Crippen molar-refractivity contribution < 1.29 is 22.8 Å². The molecule has 0 unspecified atom stereocenters. The van der Waals surface area contributed by atoms with Crippen molar-refractivity contribution in [1.82, 2.24) is 0 Å². The largest absolute Gasteiger partial charge is 0.471 e. The molecule has 0 bridgehead atoms. The van der Waals surface area contributed by atoms with E-state index in [4.69, 9.17) is 0 Å². The van der Waals surface area contributed by atoms with Crippen LogP contribution in [-0.2, 0) is 9.59 Å². The molecule has 2 aromatic carbocycles. The molecule has 0 aliphatic carbocycles. The van der Waals surface area contributed by atoms with E-state index in [9.17, 15) is 22.8 Å². The van der Waals surface area contributed by atoms with Crippen LogP contribution in [0.1, 0.15) is 5.56 Å². The van der Waals surface area contributed by atoms with Gasteiger partial charge in [0.1, 0.15) is 0 Å². The fourth-order valence-corrected chi connectivity index (χ4v) is 1.80. The molecule has 0 radical (unpaired) electrons. The van der Waals surface area contributed by atoms with Gasteiger partial charge in [-0.3, -0.25) is 9.59 Å². The van der Waals surface area contributed by atoms with E-state index in [0.29, 0.717) is 0 Å². The summed E-state index contributed by atoms with van der Waals surface area (Å²) in [5.74, 6) is -2.64. The minimum Gasteiger partial charge on any atom is -0.321 e. The molecule has 0 aliphatic rings. The van der Waals surface area contributed by atoms with E-state index in [-0.39, 0.29) is 11.4 Å². The summed E-state index contributed by atoms with van der Waals surface area (Å²) < 4.78 is 37.0. The maximum atomic E-state index is 12.3. The van der Waals surface area contributed by atoms with Crippen LogP contribution in [0.2, 0.25) is 0 Å². The molecular weight excluding hydrogens is 321 g/mol. The zero-order valence-corrected chi connectivity index (χ0v) is 12.3. The third-order valence-electron chi connectivity index (χ3n) is 2.92. The van der Waals surface area contributed by atoms with Crippen molar-refractivity contribution in [3.63, 3.8) is 0 Å². The topological polar surface area (TPSA) is 58.2 Å². The second-order valence-electron chi connectivity index (χ2n) is 4.73. The molecule has 0 aliphatic heterocycles. The first-order valence-electron chi connectivity index (χ1n) is 6.87. The molecule has 4 nitrogen and oxygen atoms in total. The fourth-order valence-electron chi connectivity index (χ4n) is 1.80. The molecule has 0 atom stereocenters. The lowest BCUT2D eigenvalue weighted by atomic mass is 10.2. The molecular formula is C17H13F3N2O2. The molecule has 0 fully saturated rings. The van der Waals surface area contributed by atoms with Crippen molar-refractivity contribution in [1.29, 1.82) is 0 Å². The van der Waals surface area contributed by atoms with E-state index in [1.54, 1.807) is 35.7 Å². The minimum absolute atomic E-state index is 0.0674. The normalized spacial score (nSPS) is 11.3. The number of benzene rings is 2.